The van der Waals surface area contributed by atoms with Crippen molar-refractivity contribution < 1.29 is 30.4 Å². The molecular weight excluding hydrogens is 548 g/mol. The summed E-state index contributed by atoms with van der Waals surface area (Å²) in [7, 11) is -11.9. The molecule has 2 N–H and O–H groups in total. The maximum atomic E-state index is 13.9. The van der Waals surface area contributed by atoms with Gasteiger partial charge in [-0.05, 0) is 75.2 Å². The van der Waals surface area contributed by atoms with Gasteiger partial charge >= 0.3 is 0 Å². The van der Waals surface area contributed by atoms with Gasteiger partial charge in [-0.15, -0.1) is 0 Å². The van der Waals surface area contributed by atoms with E-state index in [2.05, 4.69) is 4.72 Å². The van der Waals surface area contributed by atoms with Gasteiger partial charge in [-0.2, -0.15) is 0 Å². The van der Waals surface area contributed by atoms with Gasteiger partial charge in [0, 0.05) is 5.69 Å². The average Bonchev–Trinajstić information content (AvgIpc) is 3.05. The highest BCUT2D eigenvalue weighted by molar-refractivity contribution is 7.93. The van der Waals surface area contributed by atoms with Crippen molar-refractivity contribution in [2.45, 2.75) is 49.6 Å². The Kier molecular flexibility index (Phi) is 7.38. The van der Waals surface area contributed by atoms with E-state index in [0.29, 0.717) is 11.1 Å². The van der Waals surface area contributed by atoms with Gasteiger partial charge in [-0.25, -0.2) is 25.3 Å². The average molecular weight is 579 g/mol. The first-order valence-electron chi connectivity index (χ1n) is 11.8. The van der Waals surface area contributed by atoms with E-state index in [9.17, 15) is 30.4 Å². The van der Waals surface area contributed by atoms with Gasteiger partial charge in [-0.1, -0.05) is 35.4 Å². The van der Waals surface area contributed by atoms with E-state index < -0.39 is 53.5 Å². The van der Waals surface area contributed by atoms with Gasteiger partial charge in [0.1, 0.15) is 0 Å². The lowest BCUT2D eigenvalue weighted by molar-refractivity contribution is 0.184. The van der Waals surface area contributed by atoms with Crippen molar-refractivity contribution in [2.75, 3.05) is 20.5 Å². The fourth-order valence-electron chi connectivity index (χ4n) is 4.73. The summed E-state index contributed by atoms with van der Waals surface area (Å²) in [5.41, 5.74) is 3.13. The van der Waals surface area contributed by atoms with E-state index in [4.69, 9.17) is 0 Å². The van der Waals surface area contributed by atoms with Crippen molar-refractivity contribution in [3.8, 4) is 0 Å². The normalized spacial score (nSPS) is 19.3. The summed E-state index contributed by atoms with van der Waals surface area (Å²) in [5, 5.41) is 10.6. The predicted molar refractivity (Wildman–Crippen MR) is 147 cm³/mol. The van der Waals surface area contributed by atoms with Crippen LogP contribution in [0.4, 0.5) is 11.4 Å². The van der Waals surface area contributed by atoms with Gasteiger partial charge in [0.2, 0.25) is 0 Å². The van der Waals surface area contributed by atoms with Crippen LogP contribution in [-0.4, -0.2) is 54.0 Å². The Labute approximate surface area is 224 Å². The Hall–Kier alpha value is -2.93. The monoisotopic (exact) mass is 578 g/mol. The molecule has 0 amide bonds. The van der Waals surface area contributed by atoms with Crippen LogP contribution in [0.1, 0.15) is 22.3 Å². The van der Waals surface area contributed by atoms with Crippen LogP contribution in [0.15, 0.2) is 70.5 Å². The molecule has 0 radical (unpaired) electrons. The summed E-state index contributed by atoms with van der Waals surface area (Å²) in [4.78, 5) is 0.102. The zero-order valence-electron chi connectivity index (χ0n) is 21.4. The number of aliphatic hydroxyl groups is 1. The minimum Gasteiger partial charge on any atom is -0.390 e. The number of sulfone groups is 1. The van der Waals surface area contributed by atoms with Crippen molar-refractivity contribution in [1.29, 1.82) is 0 Å². The molecule has 1 aliphatic rings. The first-order chi connectivity index (χ1) is 17.6. The Balaban J connectivity index is 1.74. The molecule has 0 bridgehead atoms. The van der Waals surface area contributed by atoms with Crippen LogP contribution in [0.2, 0.25) is 0 Å². The lowest BCUT2D eigenvalue weighted by Gasteiger charge is -2.32. The summed E-state index contributed by atoms with van der Waals surface area (Å²) >= 11 is 0. The van der Waals surface area contributed by atoms with Gasteiger partial charge in [-0.3, -0.25) is 9.03 Å². The molecule has 2 atom stereocenters. The minimum absolute atomic E-state index is 0.0146. The SMILES string of the molecule is Cc1ccc(S(=O)(=O)Nc2ccc(N([C@@H]3CS(=O)(=O)C[C@@H]3O)S(=O)(=O)c3ccc(C)cc3C)cc2)c(C)c1. The van der Waals surface area contributed by atoms with Gasteiger partial charge in [0.25, 0.3) is 20.0 Å². The summed E-state index contributed by atoms with van der Waals surface area (Å²) in [6.07, 6.45) is -1.43. The third kappa shape index (κ3) is 5.58. The smallest absolute Gasteiger partial charge is 0.264 e. The molecule has 4 rings (SSSR count). The number of nitrogens with one attached hydrogen (secondary N) is 1. The van der Waals surface area contributed by atoms with Crippen LogP contribution < -0.4 is 9.03 Å². The van der Waals surface area contributed by atoms with E-state index >= 15 is 0 Å². The number of benzene rings is 3. The first kappa shape index (κ1) is 28.1. The van der Waals surface area contributed by atoms with Crippen LogP contribution in [0.5, 0.6) is 0 Å². The molecule has 1 saturated heterocycles. The second-order valence-corrected chi connectivity index (χ2v) is 15.3. The molecule has 12 heteroatoms. The topological polar surface area (TPSA) is 138 Å². The number of hydrogen-bond donors (Lipinski definition) is 2. The van der Waals surface area contributed by atoms with Crippen molar-refractivity contribution in [3.63, 3.8) is 0 Å². The first-order valence-corrected chi connectivity index (χ1v) is 16.6. The highest BCUT2D eigenvalue weighted by Gasteiger charge is 2.45. The van der Waals surface area contributed by atoms with Gasteiger partial charge < -0.3 is 5.11 Å². The number of nitrogens with zero attached hydrogens (tertiary/aromatic N) is 1. The van der Waals surface area contributed by atoms with Crippen LogP contribution in [0.3, 0.4) is 0 Å². The Morgan fingerprint density at radius 3 is 1.79 bits per heavy atom. The molecule has 1 heterocycles. The van der Waals surface area contributed by atoms with Gasteiger partial charge in [0.15, 0.2) is 9.84 Å². The van der Waals surface area contributed by atoms with Crippen LogP contribution in [-0.2, 0) is 29.9 Å². The molecule has 3 aromatic carbocycles. The molecule has 1 aliphatic heterocycles. The highest BCUT2D eigenvalue weighted by Crippen LogP contribution is 2.33. The molecule has 204 valence electrons. The molecular formula is C26H30N2O7S3. The third-order valence-corrected chi connectivity index (χ3v) is 11.7. The van der Waals surface area contributed by atoms with Crippen LogP contribution in [0, 0.1) is 27.7 Å². The summed E-state index contributed by atoms with van der Waals surface area (Å²) < 4.78 is 81.7. The maximum absolute atomic E-state index is 13.9. The Morgan fingerprint density at radius 1 is 0.789 bits per heavy atom. The molecule has 0 saturated carbocycles. The summed E-state index contributed by atoms with van der Waals surface area (Å²) in [5.74, 6) is -1.09. The van der Waals surface area contributed by atoms with Gasteiger partial charge in [0.05, 0.1) is 39.1 Å². The number of rotatable bonds is 7. The summed E-state index contributed by atoms with van der Waals surface area (Å²) in [6.45, 7) is 7.03. The predicted octanol–water partition coefficient (Wildman–Crippen LogP) is 3.07. The maximum Gasteiger partial charge on any atom is 0.264 e. The minimum atomic E-state index is -4.30. The molecule has 0 aliphatic carbocycles. The lowest BCUT2D eigenvalue weighted by Crippen LogP contribution is -2.47. The quantitative estimate of drug-likeness (QED) is 0.439. The Bertz CT molecular complexity index is 1700. The number of anilines is 2. The molecule has 38 heavy (non-hydrogen) atoms. The summed E-state index contributed by atoms with van der Waals surface area (Å²) in [6, 6.07) is 14.1. The number of aryl methyl sites for hydroxylation is 4. The number of aliphatic hydroxyl groups excluding tert-OH is 1. The Morgan fingerprint density at radius 2 is 1.32 bits per heavy atom. The number of sulfonamides is 2. The van der Waals surface area contributed by atoms with Crippen LogP contribution >= 0.6 is 0 Å². The van der Waals surface area contributed by atoms with E-state index in [0.717, 1.165) is 15.4 Å². The largest absolute Gasteiger partial charge is 0.390 e. The molecule has 0 spiro atoms. The fraction of sp³-hybridized carbons (Fsp3) is 0.308. The third-order valence-electron chi connectivity index (χ3n) is 6.46. The fourth-order valence-corrected chi connectivity index (χ4v) is 9.76. The standard InChI is InChI=1S/C26H30N2O7S3/c1-17-5-11-25(19(3)13-17)37(32,33)27-21-7-9-22(10-8-21)28(23-15-36(30,31)16-24(23)29)38(34,35)26-12-6-18(2)14-20(26)4/h5-14,23-24,27,29H,15-16H2,1-4H3/t23-,24+/m1/s1. The van der Waals surface area contributed by atoms with E-state index in [1.807, 2.05) is 13.8 Å². The molecule has 0 unspecified atom stereocenters. The van der Waals surface area contributed by atoms with Crippen molar-refractivity contribution >= 4 is 41.3 Å². The van der Waals surface area contributed by atoms with E-state index in [1.165, 1.54) is 36.4 Å². The molecule has 9 nitrogen and oxygen atoms in total. The second-order valence-electron chi connectivity index (χ2n) is 9.70. The molecule has 3 aromatic rings. The lowest BCUT2D eigenvalue weighted by atomic mass is 10.2. The second kappa shape index (κ2) is 9.99. The van der Waals surface area contributed by atoms with Crippen LogP contribution in [0.25, 0.3) is 0 Å². The van der Waals surface area contributed by atoms with Crippen molar-refractivity contribution in [1.82, 2.24) is 0 Å². The molecule has 0 aromatic heterocycles. The zero-order chi connectivity index (χ0) is 28.0. The number of hydrogen-bond acceptors (Lipinski definition) is 7. The van der Waals surface area contributed by atoms with Crippen molar-refractivity contribution in [2.24, 2.45) is 0 Å². The molecule has 1 fully saturated rings. The van der Waals surface area contributed by atoms with Crippen molar-refractivity contribution in [3.05, 3.63) is 82.9 Å². The highest BCUT2D eigenvalue weighted by atomic mass is 32.2. The van der Waals surface area contributed by atoms with E-state index in [1.54, 1.807) is 38.1 Å². The van der Waals surface area contributed by atoms with E-state index in [-0.39, 0.29) is 21.2 Å². The zero-order valence-corrected chi connectivity index (χ0v) is 23.9.